The third-order valence-corrected chi connectivity index (χ3v) is 4.88. The molecule has 2 aromatic rings. The van der Waals surface area contributed by atoms with Gasteiger partial charge in [-0.15, -0.1) is 0 Å². The van der Waals surface area contributed by atoms with Crippen LogP contribution in [0.4, 0.5) is 10.1 Å². The van der Waals surface area contributed by atoms with E-state index >= 15 is 0 Å². The number of nitrogens with one attached hydrogen (secondary N) is 2. The average molecular weight is 340 g/mol. The molecule has 1 aliphatic heterocycles. The summed E-state index contributed by atoms with van der Waals surface area (Å²) < 4.78 is 13.8. The average Bonchev–Trinajstić information content (AvgIpc) is 3.11. The molecule has 0 radical (unpaired) electrons. The molecule has 0 fully saturated rings. The van der Waals surface area contributed by atoms with E-state index < -0.39 is 11.8 Å². The first-order valence-corrected chi connectivity index (χ1v) is 8.28. The summed E-state index contributed by atoms with van der Waals surface area (Å²) in [6.45, 7) is 0. The lowest BCUT2D eigenvalue weighted by Crippen LogP contribution is -2.12. The van der Waals surface area contributed by atoms with Crippen LogP contribution in [0.5, 0.6) is 0 Å². The fourth-order valence-electron chi connectivity index (χ4n) is 3.77. The number of anilines is 1. The number of carboxylic acids is 1. The Labute approximate surface area is 143 Å². The lowest BCUT2D eigenvalue weighted by Gasteiger charge is -2.20. The number of hydrogen-bond acceptors (Lipinski definition) is 2. The van der Waals surface area contributed by atoms with Crippen molar-refractivity contribution in [2.24, 2.45) is 0 Å². The van der Waals surface area contributed by atoms with Gasteiger partial charge in [0, 0.05) is 17.0 Å². The minimum absolute atomic E-state index is 0.00761. The van der Waals surface area contributed by atoms with Crippen molar-refractivity contribution in [1.82, 2.24) is 4.98 Å². The summed E-state index contributed by atoms with van der Waals surface area (Å²) in [7, 11) is 0. The van der Waals surface area contributed by atoms with Gasteiger partial charge in [-0.05, 0) is 49.0 Å². The van der Waals surface area contributed by atoms with Gasteiger partial charge in [0.15, 0.2) is 0 Å². The van der Waals surface area contributed by atoms with Crippen molar-refractivity contribution in [3.63, 3.8) is 0 Å². The monoisotopic (exact) mass is 340 g/mol. The molecule has 128 valence electrons. The number of benzene rings is 1. The number of fused-ring (bicyclic) bond motifs is 2. The molecule has 1 atom stereocenters. The fourth-order valence-corrected chi connectivity index (χ4v) is 3.77. The molecule has 6 heteroatoms. The molecular formula is C19H17FN2O3. The van der Waals surface area contributed by atoms with Crippen LogP contribution in [0.15, 0.2) is 24.3 Å². The zero-order valence-corrected chi connectivity index (χ0v) is 13.4. The number of H-pyrrole nitrogens is 1. The summed E-state index contributed by atoms with van der Waals surface area (Å²) in [6, 6.07) is 6.51. The van der Waals surface area contributed by atoms with Gasteiger partial charge in [0.25, 0.3) is 5.91 Å². The van der Waals surface area contributed by atoms with E-state index in [9.17, 15) is 14.0 Å². The van der Waals surface area contributed by atoms with Crippen molar-refractivity contribution in [2.75, 3.05) is 5.32 Å². The topological polar surface area (TPSA) is 82.2 Å². The highest BCUT2D eigenvalue weighted by molar-refractivity contribution is 6.34. The molecule has 1 unspecified atom stereocenters. The predicted molar refractivity (Wildman–Crippen MR) is 91.6 cm³/mol. The number of carboxylic acid groups (broad SMARTS) is 1. The molecule has 0 spiro atoms. The molecule has 5 nitrogen and oxygen atoms in total. The molecule has 1 aliphatic carbocycles. The second-order valence-electron chi connectivity index (χ2n) is 6.52. The van der Waals surface area contributed by atoms with Gasteiger partial charge in [-0.2, -0.15) is 0 Å². The molecule has 2 heterocycles. The highest BCUT2D eigenvalue weighted by atomic mass is 19.1. The SMILES string of the molecule is O=C(O)CC1CCCc2[nH]c(C=C3C(=O)Nc4c(F)cccc43)cc21. The minimum Gasteiger partial charge on any atom is -0.481 e. The van der Waals surface area contributed by atoms with Crippen LogP contribution in [0.1, 0.15) is 47.7 Å². The second-order valence-corrected chi connectivity index (χ2v) is 6.52. The van der Waals surface area contributed by atoms with E-state index in [4.69, 9.17) is 5.11 Å². The number of carbonyl (C=O) groups is 2. The molecule has 1 aromatic carbocycles. The third-order valence-electron chi connectivity index (χ3n) is 4.88. The van der Waals surface area contributed by atoms with Crippen LogP contribution in [-0.4, -0.2) is 22.0 Å². The van der Waals surface area contributed by atoms with E-state index in [1.165, 1.54) is 6.07 Å². The van der Waals surface area contributed by atoms with E-state index in [-0.39, 0.29) is 23.9 Å². The van der Waals surface area contributed by atoms with Crippen LogP contribution in [0.2, 0.25) is 0 Å². The Morgan fingerprint density at radius 1 is 1.40 bits per heavy atom. The number of aromatic amines is 1. The molecule has 0 saturated carbocycles. The van der Waals surface area contributed by atoms with Crippen molar-refractivity contribution in [2.45, 2.75) is 31.6 Å². The van der Waals surface area contributed by atoms with Crippen LogP contribution in [-0.2, 0) is 16.0 Å². The summed E-state index contributed by atoms with van der Waals surface area (Å²) in [5, 5.41) is 11.6. The van der Waals surface area contributed by atoms with Gasteiger partial charge in [-0.1, -0.05) is 12.1 Å². The van der Waals surface area contributed by atoms with Crippen molar-refractivity contribution in [1.29, 1.82) is 0 Å². The van der Waals surface area contributed by atoms with Crippen LogP contribution in [0, 0.1) is 5.82 Å². The lowest BCUT2D eigenvalue weighted by atomic mass is 9.85. The van der Waals surface area contributed by atoms with Crippen molar-refractivity contribution in [3.8, 4) is 0 Å². The smallest absolute Gasteiger partial charge is 0.303 e. The zero-order valence-electron chi connectivity index (χ0n) is 13.4. The number of halogens is 1. The number of carbonyl (C=O) groups excluding carboxylic acids is 1. The van der Waals surface area contributed by atoms with Crippen molar-refractivity contribution < 1.29 is 19.1 Å². The van der Waals surface area contributed by atoms with E-state index in [0.717, 1.165) is 36.2 Å². The second kappa shape index (κ2) is 5.88. The number of rotatable bonds is 3. The van der Waals surface area contributed by atoms with E-state index in [1.54, 1.807) is 18.2 Å². The Kier molecular flexibility index (Phi) is 3.67. The number of amides is 1. The summed E-state index contributed by atoms with van der Waals surface area (Å²) in [4.78, 5) is 26.6. The van der Waals surface area contributed by atoms with E-state index in [1.807, 2.05) is 6.07 Å². The largest absolute Gasteiger partial charge is 0.481 e. The number of aromatic nitrogens is 1. The number of hydrogen-bond donors (Lipinski definition) is 3. The highest BCUT2D eigenvalue weighted by Gasteiger charge is 2.28. The van der Waals surface area contributed by atoms with Gasteiger partial charge < -0.3 is 15.4 Å². The molecule has 1 aromatic heterocycles. The molecule has 2 aliphatic rings. The van der Waals surface area contributed by atoms with Crippen LogP contribution >= 0.6 is 0 Å². The zero-order chi connectivity index (χ0) is 17.6. The fraction of sp³-hybridized carbons (Fsp3) is 0.263. The molecule has 4 rings (SSSR count). The van der Waals surface area contributed by atoms with Gasteiger partial charge in [0.05, 0.1) is 17.7 Å². The number of para-hydroxylation sites is 1. The predicted octanol–water partition coefficient (Wildman–Crippen LogP) is 3.54. The standard InChI is InChI=1S/C19H17FN2O3/c20-15-5-2-4-12-14(19(25)22-18(12)15)9-11-8-13-10(7-17(23)24)3-1-6-16(13)21-11/h2,4-5,8-10,21H,1,3,6-7H2,(H,22,25)(H,23,24). The van der Waals surface area contributed by atoms with Crippen LogP contribution in [0.3, 0.4) is 0 Å². The quantitative estimate of drug-likeness (QED) is 0.748. The summed E-state index contributed by atoms with van der Waals surface area (Å²) >= 11 is 0. The minimum atomic E-state index is -0.807. The molecule has 1 amide bonds. The normalized spacial score (nSPS) is 20.3. The van der Waals surface area contributed by atoms with Gasteiger partial charge in [0.1, 0.15) is 5.82 Å². The number of aliphatic carboxylic acids is 1. The highest BCUT2D eigenvalue weighted by Crippen LogP contribution is 2.37. The van der Waals surface area contributed by atoms with E-state index in [2.05, 4.69) is 10.3 Å². The Bertz CT molecular complexity index is 913. The summed E-state index contributed by atoms with van der Waals surface area (Å²) in [5.41, 5.74) is 3.94. The Morgan fingerprint density at radius 3 is 3.04 bits per heavy atom. The molecule has 0 saturated heterocycles. The Hall–Kier alpha value is -2.89. The Balaban J connectivity index is 1.72. The first-order chi connectivity index (χ1) is 12.0. The summed E-state index contributed by atoms with van der Waals surface area (Å²) in [6.07, 6.45) is 4.47. The maximum atomic E-state index is 13.8. The molecule has 0 bridgehead atoms. The third kappa shape index (κ3) is 2.73. The van der Waals surface area contributed by atoms with Crippen LogP contribution < -0.4 is 5.32 Å². The maximum absolute atomic E-state index is 13.8. The van der Waals surface area contributed by atoms with Gasteiger partial charge in [-0.25, -0.2) is 4.39 Å². The first-order valence-electron chi connectivity index (χ1n) is 8.28. The van der Waals surface area contributed by atoms with Gasteiger partial charge >= 0.3 is 5.97 Å². The lowest BCUT2D eigenvalue weighted by molar-refractivity contribution is -0.137. The van der Waals surface area contributed by atoms with E-state index in [0.29, 0.717) is 11.1 Å². The van der Waals surface area contributed by atoms with Gasteiger partial charge in [0.2, 0.25) is 0 Å². The van der Waals surface area contributed by atoms with Gasteiger partial charge in [-0.3, -0.25) is 9.59 Å². The molecular weight excluding hydrogens is 323 g/mol. The summed E-state index contributed by atoms with van der Waals surface area (Å²) in [5.74, 6) is -1.61. The van der Waals surface area contributed by atoms with Crippen molar-refractivity contribution >= 4 is 29.2 Å². The Morgan fingerprint density at radius 2 is 2.24 bits per heavy atom. The van der Waals surface area contributed by atoms with Crippen molar-refractivity contribution in [3.05, 3.63) is 52.6 Å². The number of aryl methyl sites for hydroxylation is 1. The molecule has 3 N–H and O–H groups in total. The molecule has 25 heavy (non-hydrogen) atoms. The maximum Gasteiger partial charge on any atom is 0.303 e. The first kappa shape index (κ1) is 15.6. The van der Waals surface area contributed by atoms with Crippen LogP contribution in [0.25, 0.3) is 11.6 Å².